The smallest absolute Gasteiger partial charge is 0.251 e. The van der Waals surface area contributed by atoms with Crippen LogP contribution in [0.3, 0.4) is 0 Å². The van der Waals surface area contributed by atoms with E-state index in [0.29, 0.717) is 25.2 Å². The van der Waals surface area contributed by atoms with Crippen LogP contribution in [0.15, 0.2) is 59.5 Å². The maximum atomic E-state index is 12.9. The second-order valence-electron chi connectivity index (χ2n) is 6.10. The van der Waals surface area contributed by atoms with Gasteiger partial charge in [0.2, 0.25) is 10.0 Å². The van der Waals surface area contributed by atoms with Gasteiger partial charge in [0, 0.05) is 25.2 Å². The van der Waals surface area contributed by atoms with Gasteiger partial charge in [0.05, 0.1) is 4.90 Å². The molecule has 2 rings (SSSR count). The summed E-state index contributed by atoms with van der Waals surface area (Å²) in [5, 5.41) is 2.83. The largest absolute Gasteiger partial charge is 0.348 e. The van der Waals surface area contributed by atoms with Gasteiger partial charge in [0.15, 0.2) is 0 Å². The highest BCUT2D eigenvalue weighted by Crippen LogP contribution is 2.18. The van der Waals surface area contributed by atoms with E-state index in [1.807, 2.05) is 44.2 Å². The number of hydrogen-bond acceptors (Lipinski definition) is 3. The van der Waals surface area contributed by atoms with Crippen LogP contribution in [0.5, 0.6) is 0 Å². The Morgan fingerprint density at radius 1 is 0.962 bits per heavy atom. The Hall–Kier alpha value is -2.18. The fourth-order valence-electron chi connectivity index (χ4n) is 2.68. The highest BCUT2D eigenvalue weighted by Gasteiger charge is 2.23. The minimum Gasteiger partial charge on any atom is -0.348 e. The molecular weight excluding hydrogens is 348 g/mol. The Morgan fingerprint density at radius 3 is 2.23 bits per heavy atom. The molecule has 140 valence electrons. The van der Waals surface area contributed by atoms with Crippen LogP contribution >= 0.6 is 0 Å². The van der Waals surface area contributed by atoms with E-state index in [4.69, 9.17) is 0 Å². The fourth-order valence-corrected chi connectivity index (χ4v) is 4.35. The maximum Gasteiger partial charge on any atom is 0.251 e. The van der Waals surface area contributed by atoms with Crippen LogP contribution in [0.2, 0.25) is 0 Å². The second-order valence-corrected chi connectivity index (χ2v) is 8.04. The zero-order valence-corrected chi connectivity index (χ0v) is 16.1. The minimum atomic E-state index is -3.60. The van der Waals surface area contributed by atoms with Crippen molar-refractivity contribution in [2.45, 2.75) is 38.1 Å². The lowest BCUT2D eigenvalue weighted by Gasteiger charge is -2.21. The molecule has 1 amide bonds. The van der Waals surface area contributed by atoms with Crippen molar-refractivity contribution in [1.82, 2.24) is 9.62 Å². The summed E-state index contributed by atoms with van der Waals surface area (Å²) in [6.45, 7) is 5.24. The first-order chi connectivity index (χ1) is 12.5. The number of benzene rings is 2. The van der Waals surface area contributed by atoms with E-state index in [1.54, 1.807) is 18.2 Å². The van der Waals surface area contributed by atoms with Crippen LogP contribution < -0.4 is 5.32 Å². The van der Waals surface area contributed by atoms with E-state index in [1.165, 1.54) is 10.4 Å². The summed E-state index contributed by atoms with van der Waals surface area (Å²) in [6, 6.07) is 15.8. The molecule has 0 spiro atoms. The Balaban J connectivity index is 2.16. The second kappa shape index (κ2) is 9.50. The van der Waals surface area contributed by atoms with Gasteiger partial charge in [-0.2, -0.15) is 4.31 Å². The Morgan fingerprint density at radius 2 is 1.62 bits per heavy atom. The Bertz CT molecular complexity index is 814. The summed E-state index contributed by atoms with van der Waals surface area (Å²) in [5.74, 6) is -0.288. The van der Waals surface area contributed by atoms with E-state index in [-0.39, 0.29) is 10.8 Å². The van der Waals surface area contributed by atoms with Crippen molar-refractivity contribution in [1.29, 1.82) is 0 Å². The molecular formula is C20H26N2O3S. The molecule has 6 heteroatoms. The molecule has 0 atom stereocenters. The molecule has 2 aromatic carbocycles. The lowest BCUT2D eigenvalue weighted by Crippen LogP contribution is -2.32. The highest BCUT2D eigenvalue weighted by molar-refractivity contribution is 7.89. The lowest BCUT2D eigenvalue weighted by molar-refractivity contribution is 0.0950. The van der Waals surface area contributed by atoms with Crippen LogP contribution in [0.25, 0.3) is 0 Å². The normalized spacial score (nSPS) is 11.5. The monoisotopic (exact) mass is 374 g/mol. The van der Waals surface area contributed by atoms with Crippen molar-refractivity contribution < 1.29 is 13.2 Å². The number of amides is 1. The van der Waals surface area contributed by atoms with Gasteiger partial charge in [0.1, 0.15) is 0 Å². The predicted octanol–water partition coefficient (Wildman–Crippen LogP) is 3.43. The number of nitrogens with zero attached hydrogens (tertiary/aromatic N) is 1. The molecule has 0 aliphatic carbocycles. The molecule has 0 saturated heterocycles. The van der Waals surface area contributed by atoms with E-state index >= 15 is 0 Å². The van der Waals surface area contributed by atoms with Gasteiger partial charge < -0.3 is 5.32 Å². The molecule has 0 aromatic heterocycles. The molecule has 0 aliphatic heterocycles. The van der Waals surface area contributed by atoms with Crippen LogP contribution in [0, 0.1) is 0 Å². The third kappa shape index (κ3) is 5.16. The molecule has 0 fully saturated rings. The quantitative estimate of drug-likeness (QED) is 0.731. The SMILES string of the molecule is CCCN(CCC)S(=O)(=O)c1cccc(C(=O)NCc2ccccc2)c1. The van der Waals surface area contributed by atoms with Gasteiger partial charge in [-0.3, -0.25) is 4.79 Å². The number of sulfonamides is 1. The van der Waals surface area contributed by atoms with Crippen molar-refractivity contribution >= 4 is 15.9 Å². The molecule has 0 saturated carbocycles. The van der Waals surface area contributed by atoms with Crippen LogP contribution in [-0.4, -0.2) is 31.7 Å². The number of carbonyl (C=O) groups is 1. The number of nitrogens with one attached hydrogen (secondary N) is 1. The van der Waals surface area contributed by atoms with Gasteiger partial charge >= 0.3 is 0 Å². The lowest BCUT2D eigenvalue weighted by atomic mass is 10.2. The highest BCUT2D eigenvalue weighted by atomic mass is 32.2. The summed E-state index contributed by atoms with van der Waals surface area (Å²) in [7, 11) is -3.60. The van der Waals surface area contributed by atoms with E-state index in [9.17, 15) is 13.2 Å². The van der Waals surface area contributed by atoms with Gasteiger partial charge in [-0.25, -0.2) is 8.42 Å². The zero-order valence-electron chi connectivity index (χ0n) is 15.3. The van der Waals surface area contributed by atoms with Gasteiger partial charge in [-0.05, 0) is 36.6 Å². The number of carbonyl (C=O) groups excluding carboxylic acids is 1. The Kier molecular flexibility index (Phi) is 7.36. The van der Waals surface area contributed by atoms with Crippen molar-refractivity contribution in [2.75, 3.05) is 13.1 Å². The van der Waals surface area contributed by atoms with Gasteiger partial charge in [-0.1, -0.05) is 50.2 Å². The summed E-state index contributed by atoms with van der Waals surface area (Å²) < 4.78 is 27.2. The van der Waals surface area contributed by atoms with Crippen LogP contribution in [0.4, 0.5) is 0 Å². The molecule has 0 heterocycles. The van der Waals surface area contributed by atoms with E-state index < -0.39 is 10.0 Å². The molecule has 0 bridgehead atoms. The molecule has 0 radical (unpaired) electrons. The molecule has 0 unspecified atom stereocenters. The average Bonchev–Trinajstić information content (AvgIpc) is 2.67. The summed E-state index contributed by atoms with van der Waals surface area (Å²) in [5.41, 5.74) is 1.33. The summed E-state index contributed by atoms with van der Waals surface area (Å²) in [4.78, 5) is 12.6. The van der Waals surface area contributed by atoms with Crippen LogP contribution in [0.1, 0.15) is 42.6 Å². The third-order valence-electron chi connectivity index (χ3n) is 3.98. The summed E-state index contributed by atoms with van der Waals surface area (Å²) in [6.07, 6.45) is 1.49. The van der Waals surface area contributed by atoms with Crippen LogP contribution in [-0.2, 0) is 16.6 Å². The molecule has 26 heavy (non-hydrogen) atoms. The standard InChI is InChI=1S/C20H26N2O3S/c1-3-13-22(14-4-2)26(24,25)19-12-8-11-18(15-19)20(23)21-16-17-9-6-5-7-10-17/h5-12,15H,3-4,13-14,16H2,1-2H3,(H,21,23). The van der Waals surface area contributed by atoms with Gasteiger partial charge in [0.25, 0.3) is 5.91 Å². The van der Waals surface area contributed by atoms with E-state index in [0.717, 1.165) is 18.4 Å². The van der Waals surface area contributed by atoms with Crippen molar-refractivity contribution in [3.8, 4) is 0 Å². The van der Waals surface area contributed by atoms with Crippen molar-refractivity contribution in [2.24, 2.45) is 0 Å². The first-order valence-corrected chi connectivity index (χ1v) is 10.4. The maximum absolute atomic E-state index is 12.9. The minimum absolute atomic E-state index is 0.159. The molecule has 5 nitrogen and oxygen atoms in total. The number of hydrogen-bond donors (Lipinski definition) is 1. The molecule has 2 aromatic rings. The zero-order chi connectivity index (χ0) is 19.0. The number of rotatable bonds is 9. The molecule has 0 aliphatic rings. The first kappa shape index (κ1) is 20.1. The molecule has 1 N–H and O–H groups in total. The van der Waals surface area contributed by atoms with E-state index in [2.05, 4.69) is 5.32 Å². The summed E-state index contributed by atoms with van der Waals surface area (Å²) >= 11 is 0. The predicted molar refractivity (Wildman–Crippen MR) is 103 cm³/mol. The third-order valence-corrected chi connectivity index (χ3v) is 5.87. The fraction of sp³-hybridized carbons (Fsp3) is 0.350. The van der Waals surface area contributed by atoms with Crippen molar-refractivity contribution in [3.63, 3.8) is 0 Å². The average molecular weight is 375 g/mol. The Labute approximate surface area is 156 Å². The first-order valence-electron chi connectivity index (χ1n) is 8.91. The van der Waals surface area contributed by atoms with Crippen molar-refractivity contribution in [3.05, 3.63) is 65.7 Å². The van der Waals surface area contributed by atoms with Gasteiger partial charge in [-0.15, -0.1) is 0 Å². The topological polar surface area (TPSA) is 66.5 Å².